The van der Waals surface area contributed by atoms with Gasteiger partial charge in [0.15, 0.2) is 5.65 Å². The van der Waals surface area contributed by atoms with Crippen LogP contribution < -0.4 is 5.32 Å². The molecule has 2 aliphatic carbocycles. The molecule has 2 aliphatic rings. The monoisotopic (exact) mass is 256 g/mol. The molecule has 2 saturated carbocycles. The molecule has 0 atom stereocenters. The Kier molecular flexibility index (Phi) is 2.33. The second kappa shape index (κ2) is 4.05. The Morgan fingerprint density at radius 2 is 2.00 bits per heavy atom. The number of nitrogens with zero attached hydrogens (tertiary/aromatic N) is 3. The number of nitrogens with one attached hydrogen (secondary N) is 1. The fraction of sp³-hybridized carbons (Fsp3) is 0.500. The molecule has 0 bridgehead atoms. The van der Waals surface area contributed by atoms with Crippen LogP contribution in [0.1, 0.15) is 25.7 Å². The van der Waals surface area contributed by atoms with Gasteiger partial charge in [-0.1, -0.05) is 0 Å². The van der Waals surface area contributed by atoms with Crippen LogP contribution >= 0.6 is 0 Å². The molecule has 2 fully saturated rings. The number of pyridine rings is 1. The van der Waals surface area contributed by atoms with Crippen molar-refractivity contribution >= 4 is 17.2 Å². The highest BCUT2D eigenvalue weighted by atomic mass is 16.1. The van der Waals surface area contributed by atoms with Gasteiger partial charge in [-0.15, -0.1) is 10.2 Å². The van der Waals surface area contributed by atoms with E-state index in [1.165, 1.54) is 25.7 Å². The van der Waals surface area contributed by atoms with Crippen LogP contribution in [0.2, 0.25) is 0 Å². The smallest absolute Gasteiger partial charge is 0.228 e. The maximum Gasteiger partial charge on any atom is 0.228 e. The quantitative estimate of drug-likeness (QED) is 0.911. The van der Waals surface area contributed by atoms with Crippen LogP contribution in [0.25, 0.3) is 5.65 Å². The van der Waals surface area contributed by atoms with Gasteiger partial charge in [0.05, 0.1) is 5.69 Å². The summed E-state index contributed by atoms with van der Waals surface area (Å²) in [5.74, 6) is 1.69. The second-order valence-corrected chi connectivity index (χ2v) is 5.70. The topological polar surface area (TPSA) is 59.3 Å². The minimum absolute atomic E-state index is 0.192. The Bertz CT molecular complexity index is 615. The molecule has 0 saturated heterocycles. The number of rotatable bonds is 4. The Morgan fingerprint density at radius 1 is 1.26 bits per heavy atom. The molecule has 5 nitrogen and oxygen atoms in total. The Hall–Kier alpha value is -1.91. The van der Waals surface area contributed by atoms with E-state index in [9.17, 15) is 4.79 Å². The van der Waals surface area contributed by atoms with Gasteiger partial charge >= 0.3 is 0 Å². The van der Waals surface area contributed by atoms with E-state index in [1.54, 1.807) is 6.33 Å². The van der Waals surface area contributed by atoms with E-state index in [4.69, 9.17) is 0 Å². The fourth-order valence-corrected chi connectivity index (χ4v) is 2.85. The highest BCUT2D eigenvalue weighted by molar-refractivity contribution is 5.93. The highest BCUT2D eigenvalue weighted by Crippen LogP contribution is 2.49. The van der Waals surface area contributed by atoms with E-state index in [0.717, 1.165) is 11.3 Å². The van der Waals surface area contributed by atoms with Gasteiger partial charge in [0.2, 0.25) is 5.91 Å². The van der Waals surface area contributed by atoms with Gasteiger partial charge in [-0.05, 0) is 49.7 Å². The van der Waals surface area contributed by atoms with Gasteiger partial charge in [-0.25, -0.2) is 0 Å². The largest absolute Gasteiger partial charge is 0.325 e. The lowest BCUT2D eigenvalue weighted by Crippen LogP contribution is -2.26. The summed E-state index contributed by atoms with van der Waals surface area (Å²) in [5.41, 5.74) is 1.61. The zero-order valence-electron chi connectivity index (χ0n) is 10.6. The Labute approximate surface area is 111 Å². The summed E-state index contributed by atoms with van der Waals surface area (Å²) in [6.07, 6.45) is 8.39. The summed E-state index contributed by atoms with van der Waals surface area (Å²) in [6, 6.07) is 3.75. The van der Waals surface area contributed by atoms with E-state index < -0.39 is 0 Å². The van der Waals surface area contributed by atoms with Gasteiger partial charge in [-0.3, -0.25) is 9.20 Å². The first-order valence-electron chi connectivity index (χ1n) is 6.91. The van der Waals surface area contributed by atoms with Crippen molar-refractivity contribution in [1.82, 2.24) is 14.6 Å². The Balaban J connectivity index is 1.54. The molecule has 2 aromatic rings. The third-order valence-electron chi connectivity index (χ3n) is 4.12. The van der Waals surface area contributed by atoms with Crippen LogP contribution in [0.4, 0.5) is 5.69 Å². The predicted octanol–water partition coefficient (Wildman–Crippen LogP) is 2.10. The number of amides is 1. The third-order valence-corrected chi connectivity index (χ3v) is 4.12. The molecule has 5 heteroatoms. The van der Waals surface area contributed by atoms with Gasteiger partial charge < -0.3 is 5.32 Å². The standard InChI is InChI=1S/C14H16N4O/c19-14(13(9-1-2-9)10-3-4-10)16-11-5-6-12-17-15-8-18(12)7-11/h5-10,13H,1-4H2,(H,16,19). The zero-order valence-corrected chi connectivity index (χ0v) is 10.6. The van der Waals surface area contributed by atoms with Crippen molar-refractivity contribution in [1.29, 1.82) is 0 Å². The van der Waals surface area contributed by atoms with Crippen LogP contribution in [0.5, 0.6) is 0 Å². The summed E-state index contributed by atoms with van der Waals surface area (Å²) < 4.78 is 1.82. The second-order valence-electron chi connectivity index (χ2n) is 5.70. The summed E-state index contributed by atoms with van der Waals surface area (Å²) in [7, 11) is 0. The van der Waals surface area contributed by atoms with Crippen molar-refractivity contribution in [2.75, 3.05) is 5.32 Å². The first-order valence-corrected chi connectivity index (χ1v) is 6.91. The zero-order chi connectivity index (χ0) is 12.8. The summed E-state index contributed by atoms with van der Waals surface area (Å²) in [5, 5.41) is 10.8. The van der Waals surface area contributed by atoms with E-state index in [-0.39, 0.29) is 11.8 Å². The van der Waals surface area contributed by atoms with Crippen LogP contribution in [0.3, 0.4) is 0 Å². The lowest BCUT2D eigenvalue weighted by atomic mass is 9.97. The molecule has 1 N–H and O–H groups in total. The normalized spacial score (nSPS) is 19.0. The number of hydrogen-bond acceptors (Lipinski definition) is 3. The third kappa shape index (κ3) is 2.09. The molecule has 2 heterocycles. The summed E-state index contributed by atoms with van der Waals surface area (Å²) in [4.78, 5) is 12.4. The van der Waals surface area contributed by atoms with Crippen molar-refractivity contribution in [3.05, 3.63) is 24.7 Å². The minimum Gasteiger partial charge on any atom is -0.325 e. The average molecular weight is 256 g/mol. The molecule has 0 spiro atoms. The highest BCUT2D eigenvalue weighted by Gasteiger charge is 2.45. The lowest BCUT2D eigenvalue weighted by molar-refractivity contribution is -0.121. The number of carbonyl (C=O) groups is 1. The molecule has 0 radical (unpaired) electrons. The van der Waals surface area contributed by atoms with E-state index >= 15 is 0 Å². The van der Waals surface area contributed by atoms with E-state index in [1.807, 2.05) is 22.7 Å². The van der Waals surface area contributed by atoms with Crippen LogP contribution in [-0.4, -0.2) is 20.5 Å². The molecule has 0 unspecified atom stereocenters. The van der Waals surface area contributed by atoms with Crippen molar-refractivity contribution in [2.45, 2.75) is 25.7 Å². The molecular weight excluding hydrogens is 240 g/mol. The summed E-state index contributed by atoms with van der Waals surface area (Å²) in [6.45, 7) is 0. The maximum atomic E-state index is 12.4. The lowest BCUT2D eigenvalue weighted by Gasteiger charge is -2.15. The van der Waals surface area contributed by atoms with Crippen LogP contribution in [0.15, 0.2) is 24.7 Å². The van der Waals surface area contributed by atoms with Gasteiger partial charge in [-0.2, -0.15) is 0 Å². The SMILES string of the molecule is O=C(Nc1ccc2nncn2c1)C(C1CC1)C1CC1. The molecule has 19 heavy (non-hydrogen) atoms. The van der Waals surface area contributed by atoms with Gasteiger partial charge in [0, 0.05) is 12.1 Å². The molecule has 1 amide bonds. The van der Waals surface area contributed by atoms with Gasteiger partial charge in [0.25, 0.3) is 0 Å². The van der Waals surface area contributed by atoms with Crippen molar-refractivity contribution in [3.8, 4) is 0 Å². The Morgan fingerprint density at radius 3 is 2.68 bits per heavy atom. The fourth-order valence-electron chi connectivity index (χ4n) is 2.85. The molecule has 4 rings (SSSR count). The van der Waals surface area contributed by atoms with Crippen molar-refractivity contribution in [2.24, 2.45) is 17.8 Å². The number of fused-ring (bicyclic) bond motifs is 1. The van der Waals surface area contributed by atoms with E-state index in [0.29, 0.717) is 11.8 Å². The van der Waals surface area contributed by atoms with Crippen LogP contribution in [0, 0.1) is 17.8 Å². The predicted molar refractivity (Wildman–Crippen MR) is 70.6 cm³/mol. The molecule has 98 valence electrons. The first kappa shape index (κ1) is 11.0. The van der Waals surface area contributed by atoms with E-state index in [2.05, 4.69) is 15.5 Å². The number of carbonyl (C=O) groups excluding carboxylic acids is 1. The molecule has 2 aromatic heterocycles. The average Bonchev–Trinajstić information content (AvgIpc) is 3.31. The molecule has 0 aliphatic heterocycles. The van der Waals surface area contributed by atoms with Crippen molar-refractivity contribution in [3.63, 3.8) is 0 Å². The molecule has 0 aromatic carbocycles. The first-order chi connectivity index (χ1) is 9.31. The number of hydrogen-bond donors (Lipinski definition) is 1. The minimum atomic E-state index is 0.192. The van der Waals surface area contributed by atoms with Crippen molar-refractivity contribution < 1.29 is 4.79 Å². The summed E-state index contributed by atoms with van der Waals surface area (Å²) >= 11 is 0. The number of anilines is 1. The molecular formula is C14H16N4O. The van der Waals surface area contributed by atoms with Gasteiger partial charge in [0.1, 0.15) is 6.33 Å². The maximum absolute atomic E-state index is 12.4. The number of aromatic nitrogens is 3. The van der Waals surface area contributed by atoms with Crippen LogP contribution in [-0.2, 0) is 4.79 Å².